The minimum absolute atomic E-state index is 0.0777. The van der Waals surface area contributed by atoms with Crippen molar-refractivity contribution in [3.05, 3.63) is 42.5 Å². The molecular weight excluding hydrogens is 306 g/mol. The highest BCUT2D eigenvalue weighted by atomic mass is 16.5. The van der Waals surface area contributed by atoms with E-state index in [1.807, 2.05) is 6.08 Å². The van der Waals surface area contributed by atoms with Crippen LogP contribution in [0.15, 0.2) is 41.9 Å². The lowest BCUT2D eigenvalue weighted by Crippen LogP contribution is -2.19. The van der Waals surface area contributed by atoms with Gasteiger partial charge in [0.25, 0.3) is 0 Å². The van der Waals surface area contributed by atoms with Crippen molar-refractivity contribution in [3.63, 3.8) is 0 Å². The van der Waals surface area contributed by atoms with Crippen LogP contribution in [-0.4, -0.2) is 24.7 Å². The van der Waals surface area contributed by atoms with Crippen LogP contribution in [0.25, 0.3) is 5.70 Å². The number of hydrogen-bond donors (Lipinski definition) is 2. The first-order valence-electron chi connectivity index (χ1n) is 7.60. The first-order valence-corrected chi connectivity index (χ1v) is 7.60. The van der Waals surface area contributed by atoms with Crippen molar-refractivity contribution in [1.82, 2.24) is 0 Å². The van der Waals surface area contributed by atoms with Gasteiger partial charge in [-0.1, -0.05) is 12.2 Å². The summed E-state index contributed by atoms with van der Waals surface area (Å²) in [6.45, 7) is 5.26. The molecule has 0 radical (unpaired) electrons. The van der Waals surface area contributed by atoms with Crippen molar-refractivity contribution >= 4 is 34.7 Å². The molecule has 0 aromatic heterocycles. The quantitative estimate of drug-likeness (QED) is 0.618. The van der Waals surface area contributed by atoms with Crippen LogP contribution in [0.3, 0.4) is 0 Å². The van der Waals surface area contributed by atoms with Gasteiger partial charge in [0, 0.05) is 29.1 Å². The number of amides is 1. The molecule has 1 amide bonds. The summed E-state index contributed by atoms with van der Waals surface area (Å²) in [5, 5.41) is 2.56. The number of anilines is 2. The van der Waals surface area contributed by atoms with E-state index in [0.29, 0.717) is 24.2 Å². The van der Waals surface area contributed by atoms with Gasteiger partial charge in [-0.05, 0) is 31.5 Å². The van der Waals surface area contributed by atoms with Gasteiger partial charge in [0.2, 0.25) is 0 Å². The molecule has 0 spiro atoms. The number of hydrogen-bond acceptors (Lipinski definition) is 5. The van der Waals surface area contributed by atoms with Crippen LogP contribution >= 0.6 is 0 Å². The van der Waals surface area contributed by atoms with Gasteiger partial charge in [-0.15, -0.1) is 6.58 Å². The molecule has 1 atom stereocenters. The first kappa shape index (κ1) is 17.5. The van der Waals surface area contributed by atoms with Crippen LogP contribution in [0.2, 0.25) is 0 Å². The van der Waals surface area contributed by atoms with Gasteiger partial charge in [0.1, 0.15) is 5.78 Å². The highest BCUT2D eigenvalue weighted by molar-refractivity contribution is 6.09. The summed E-state index contributed by atoms with van der Waals surface area (Å²) in [7, 11) is 1.29. The Morgan fingerprint density at radius 3 is 2.83 bits per heavy atom. The summed E-state index contributed by atoms with van der Waals surface area (Å²) < 4.78 is 4.55. The minimum Gasteiger partial charge on any atom is -0.453 e. The number of ketones is 1. The summed E-state index contributed by atoms with van der Waals surface area (Å²) in [5.74, 6) is -0.161. The first-order chi connectivity index (χ1) is 11.5. The molecule has 3 N–H and O–H groups in total. The number of carbonyl (C=O) groups excluding carboxylic acids is 2. The molecule has 1 unspecified atom stereocenters. The molecule has 0 fully saturated rings. The predicted octanol–water partition coefficient (Wildman–Crippen LogP) is 3.41. The molecule has 6 nitrogen and oxygen atoms in total. The summed E-state index contributed by atoms with van der Waals surface area (Å²) in [5.41, 5.74) is 9.43. The van der Waals surface area contributed by atoms with Gasteiger partial charge in [0.05, 0.1) is 18.7 Å². The molecule has 0 aliphatic carbocycles. The topological polar surface area (TPSA) is 93.8 Å². The van der Waals surface area contributed by atoms with E-state index < -0.39 is 6.09 Å². The lowest BCUT2D eigenvalue weighted by molar-refractivity contribution is -0.118. The zero-order chi connectivity index (χ0) is 17.7. The zero-order valence-electron chi connectivity index (χ0n) is 13.8. The number of Topliss-reactive ketones (excluding diaryl/α,β-unsaturated/α-hetero) is 1. The average molecular weight is 327 g/mol. The van der Waals surface area contributed by atoms with Gasteiger partial charge in [-0.3, -0.25) is 15.1 Å². The van der Waals surface area contributed by atoms with Crippen molar-refractivity contribution < 1.29 is 14.3 Å². The summed E-state index contributed by atoms with van der Waals surface area (Å²) in [6, 6.07) is 5.16. The van der Waals surface area contributed by atoms with Gasteiger partial charge >= 0.3 is 6.09 Å². The molecule has 1 aliphatic rings. The molecule has 0 saturated carbocycles. The Morgan fingerprint density at radius 2 is 2.25 bits per heavy atom. The van der Waals surface area contributed by atoms with Crippen LogP contribution in [0.5, 0.6) is 0 Å². The third kappa shape index (κ3) is 3.90. The second-order valence-electron chi connectivity index (χ2n) is 5.50. The van der Waals surface area contributed by atoms with Gasteiger partial charge < -0.3 is 10.5 Å². The van der Waals surface area contributed by atoms with E-state index in [0.717, 1.165) is 17.0 Å². The number of nitrogens with two attached hydrogens (primary N) is 1. The van der Waals surface area contributed by atoms with Crippen molar-refractivity contribution in [2.24, 2.45) is 10.9 Å². The van der Waals surface area contributed by atoms with Crippen LogP contribution in [0.1, 0.15) is 25.3 Å². The van der Waals surface area contributed by atoms with Crippen LogP contribution < -0.4 is 11.1 Å². The fourth-order valence-electron chi connectivity index (χ4n) is 2.58. The number of aliphatic imine (C=N–C) groups is 1. The predicted molar refractivity (Wildman–Crippen MR) is 95.9 cm³/mol. The molecule has 6 heteroatoms. The number of carbonyl (C=O) groups is 2. The minimum atomic E-state index is -0.559. The largest absolute Gasteiger partial charge is 0.453 e. The number of methoxy groups -OCH3 is 1. The third-order valence-corrected chi connectivity index (χ3v) is 3.82. The van der Waals surface area contributed by atoms with E-state index in [-0.39, 0.29) is 11.7 Å². The number of benzene rings is 1. The fraction of sp³-hybridized carbons (Fsp3) is 0.278. The molecule has 0 bridgehead atoms. The van der Waals surface area contributed by atoms with Crippen LogP contribution in [0, 0.1) is 5.92 Å². The SMILES string of the molecule is C=CCC(C(C)=O)C1=NC(c2ccc(NC(=O)OC)cc2N)=CC1. The number of nitrogen functional groups attached to an aromatic ring is 1. The maximum atomic E-state index is 11.8. The van der Waals surface area contributed by atoms with E-state index in [1.165, 1.54) is 7.11 Å². The van der Waals surface area contributed by atoms with E-state index in [9.17, 15) is 9.59 Å². The van der Waals surface area contributed by atoms with Crippen LogP contribution in [-0.2, 0) is 9.53 Å². The summed E-state index contributed by atoms with van der Waals surface area (Å²) in [4.78, 5) is 27.6. The lowest BCUT2D eigenvalue weighted by Gasteiger charge is -2.11. The Balaban J connectivity index is 2.22. The standard InChI is InChI=1S/C18H21N3O3/c1-4-5-13(11(2)22)16-8-9-17(21-16)14-7-6-12(10-15(14)19)20-18(23)24-3/h4,6-7,9-10,13H,1,5,8,19H2,2-3H3,(H,20,23). The van der Waals surface area contributed by atoms with E-state index in [4.69, 9.17) is 5.73 Å². The Bertz CT molecular complexity index is 735. The fourth-order valence-corrected chi connectivity index (χ4v) is 2.58. The molecule has 0 saturated heterocycles. The highest BCUT2D eigenvalue weighted by Crippen LogP contribution is 2.31. The molecule has 126 valence electrons. The monoisotopic (exact) mass is 327 g/mol. The maximum absolute atomic E-state index is 11.8. The summed E-state index contributed by atoms with van der Waals surface area (Å²) >= 11 is 0. The number of ether oxygens (including phenoxy) is 1. The zero-order valence-corrected chi connectivity index (χ0v) is 13.8. The Labute approximate surface area is 141 Å². The summed E-state index contributed by atoms with van der Waals surface area (Å²) in [6.07, 6.45) is 4.32. The average Bonchev–Trinajstić information content (AvgIpc) is 3.01. The smallest absolute Gasteiger partial charge is 0.411 e. The molecular formula is C18H21N3O3. The molecule has 1 aliphatic heterocycles. The normalized spacial score (nSPS) is 14.4. The molecule has 1 aromatic carbocycles. The Kier molecular flexibility index (Phi) is 5.52. The number of nitrogens with one attached hydrogen (secondary N) is 1. The van der Waals surface area contributed by atoms with Crippen molar-refractivity contribution in [3.8, 4) is 0 Å². The van der Waals surface area contributed by atoms with Gasteiger partial charge in [0.15, 0.2) is 0 Å². The van der Waals surface area contributed by atoms with Gasteiger partial charge in [-0.25, -0.2) is 4.79 Å². The molecule has 2 rings (SSSR count). The number of rotatable bonds is 6. The van der Waals surface area contributed by atoms with Crippen LogP contribution in [0.4, 0.5) is 16.2 Å². The Morgan fingerprint density at radius 1 is 1.50 bits per heavy atom. The molecule has 1 heterocycles. The molecule has 24 heavy (non-hydrogen) atoms. The van der Waals surface area contributed by atoms with Gasteiger partial charge in [-0.2, -0.15) is 0 Å². The number of allylic oxidation sites excluding steroid dienone is 2. The maximum Gasteiger partial charge on any atom is 0.411 e. The van der Waals surface area contributed by atoms with Crippen molar-refractivity contribution in [2.75, 3.05) is 18.2 Å². The van der Waals surface area contributed by atoms with Crippen molar-refractivity contribution in [1.29, 1.82) is 0 Å². The Hall–Kier alpha value is -2.89. The lowest BCUT2D eigenvalue weighted by atomic mass is 9.94. The molecule has 1 aromatic rings. The second kappa shape index (κ2) is 7.59. The van der Waals surface area contributed by atoms with E-state index >= 15 is 0 Å². The van der Waals surface area contributed by atoms with Crippen molar-refractivity contribution in [2.45, 2.75) is 19.8 Å². The second-order valence-corrected chi connectivity index (χ2v) is 5.50. The van der Waals surface area contributed by atoms with E-state index in [2.05, 4.69) is 21.6 Å². The van der Waals surface area contributed by atoms with E-state index in [1.54, 1.807) is 31.2 Å². The number of nitrogens with zero attached hydrogens (tertiary/aromatic N) is 1. The highest BCUT2D eigenvalue weighted by Gasteiger charge is 2.23. The third-order valence-electron chi connectivity index (χ3n) is 3.82.